The first-order valence-corrected chi connectivity index (χ1v) is 12.6. The highest BCUT2D eigenvalue weighted by Gasteiger charge is 2.33. The van der Waals surface area contributed by atoms with Crippen LogP contribution in [-0.2, 0) is 6.42 Å². The molecule has 3 aromatic carbocycles. The summed E-state index contributed by atoms with van der Waals surface area (Å²) in [6.07, 6.45) is 10.4. The average Bonchev–Trinajstić information content (AvgIpc) is 2.85. The highest BCUT2D eigenvalue weighted by Crippen LogP contribution is 2.52. The quantitative estimate of drug-likeness (QED) is 0.241. The third-order valence-electron chi connectivity index (χ3n) is 7.80. The molecular weight excluding hydrogens is 429 g/mol. The lowest BCUT2D eigenvalue weighted by molar-refractivity contribution is 0.312. The monoisotopic (exact) mass is 460 g/mol. The van der Waals surface area contributed by atoms with Crippen LogP contribution in [0.1, 0.15) is 68.9 Å². The first kappa shape index (κ1) is 23.0. The van der Waals surface area contributed by atoms with Crippen LogP contribution < -0.4 is 0 Å². The Balaban J connectivity index is 1.37. The smallest absolute Gasteiger partial charge is 0.167 e. The van der Waals surface area contributed by atoms with Crippen molar-refractivity contribution in [3.05, 3.63) is 83.7 Å². The Labute approximate surface area is 200 Å². The van der Waals surface area contributed by atoms with Gasteiger partial charge in [0.25, 0.3) is 0 Å². The molecule has 3 heteroatoms. The molecule has 0 aromatic heterocycles. The van der Waals surface area contributed by atoms with Crippen molar-refractivity contribution >= 4 is 0 Å². The maximum Gasteiger partial charge on any atom is 0.167 e. The zero-order valence-corrected chi connectivity index (χ0v) is 19.8. The third kappa shape index (κ3) is 3.89. The molecule has 176 valence electrons. The fraction of sp³-hybridized carbons (Fsp3) is 0.355. The fourth-order valence-corrected chi connectivity index (χ4v) is 5.87. The predicted molar refractivity (Wildman–Crippen MR) is 134 cm³/mol. The highest BCUT2D eigenvalue weighted by molar-refractivity contribution is 6.04. The molecule has 5 rings (SSSR count). The summed E-state index contributed by atoms with van der Waals surface area (Å²) in [4.78, 5) is 0. The van der Waals surface area contributed by atoms with Crippen molar-refractivity contribution in [2.75, 3.05) is 0 Å². The van der Waals surface area contributed by atoms with Crippen LogP contribution in [0, 0.1) is 23.4 Å². The van der Waals surface area contributed by atoms with Gasteiger partial charge in [-0.25, -0.2) is 13.2 Å². The van der Waals surface area contributed by atoms with E-state index in [1.165, 1.54) is 37.7 Å². The molecule has 0 amide bonds. The number of fused-ring (bicyclic) bond motifs is 4. The second-order valence-corrected chi connectivity index (χ2v) is 9.89. The molecule has 0 heterocycles. The topological polar surface area (TPSA) is 0 Å². The Hall–Kier alpha value is -2.81. The molecule has 3 aromatic rings. The minimum atomic E-state index is -0.927. The molecule has 1 fully saturated rings. The summed E-state index contributed by atoms with van der Waals surface area (Å²) < 4.78 is 44.9. The van der Waals surface area contributed by atoms with Crippen molar-refractivity contribution in [3.63, 3.8) is 0 Å². The minimum Gasteiger partial charge on any atom is -0.206 e. The van der Waals surface area contributed by atoms with Crippen molar-refractivity contribution in [1.29, 1.82) is 0 Å². The fourth-order valence-electron chi connectivity index (χ4n) is 5.87. The lowest BCUT2D eigenvalue weighted by Gasteiger charge is -2.29. The maximum absolute atomic E-state index is 15.5. The predicted octanol–water partition coefficient (Wildman–Crippen LogP) is 9.61. The Kier molecular flexibility index (Phi) is 6.38. The maximum atomic E-state index is 15.5. The van der Waals surface area contributed by atoms with Gasteiger partial charge in [-0.05, 0) is 90.7 Å². The van der Waals surface area contributed by atoms with Crippen LogP contribution in [0.2, 0.25) is 0 Å². The van der Waals surface area contributed by atoms with Crippen LogP contribution in [0.3, 0.4) is 0 Å². The summed E-state index contributed by atoms with van der Waals surface area (Å²) in [6, 6.07) is 13.4. The van der Waals surface area contributed by atoms with Gasteiger partial charge in [0.1, 0.15) is 5.82 Å². The Morgan fingerprint density at radius 3 is 2.18 bits per heavy atom. The zero-order chi connectivity index (χ0) is 23.8. The molecule has 2 aliphatic rings. The number of allylic oxidation sites excluding steroid dienone is 1. The van der Waals surface area contributed by atoms with Gasteiger partial charge in [0.05, 0.1) is 0 Å². The normalized spacial score (nSPS) is 18.7. The van der Waals surface area contributed by atoms with Gasteiger partial charge < -0.3 is 0 Å². The summed E-state index contributed by atoms with van der Waals surface area (Å²) >= 11 is 0. The Morgan fingerprint density at radius 1 is 0.824 bits per heavy atom. The minimum absolute atomic E-state index is 0.0801. The van der Waals surface area contributed by atoms with Gasteiger partial charge in [-0.2, -0.15) is 0 Å². The van der Waals surface area contributed by atoms with E-state index in [9.17, 15) is 8.78 Å². The first-order valence-electron chi connectivity index (χ1n) is 12.6. The lowest BCUT2D eigenvalue weighted by Crippen LogP contribution is -2.13. The molecule has 34 heavy (non-hydrogen) atoms. The van der Waals surface area contributed by atoms with Crippen molar-refractivity contribution in [1.82, 2.24) is 0 Å². The van der Waals surface area contributed by atoms with Crippen LogP contribution in [0.25, 0.3) is 33.4 Å². The Bertz CT molecular complexity index is 1210. The number of rotatable bonds is 7. The Morgan fingerprint density at radius 2 is 1.50 bits per heavy atom. The van der Waals surface area contributed by atoms with Crippen LogP contribution in [-0.4, -0.2) is 0 Å². The summed E-state index contributed by atoms with van der Waals surface area (Å²) in [5, 5.41) is 0. The van der Waals surface area contributed by atoms with Gasteiger partial charge in [-0.1, -0.05) is 55.8 Å². The summed E-state index contributed by atoms with van der Waals surface area (Å²) in [7, 11) is 0. The zero-order valence-electron chi connectivity index (χ0n) is 19.8. The van der Waals surface area contributed by atoms with E-state index >= 15 is 4.39 Å². The van der Waals surface area contributed by atoms with E-state index in [0.717, 1.165) is 24.3 Å². The molecule has 0 bridgehead atoms. The molecule has 0 spiro atoms. The molecule has 0 aliphatic heterocycles. The number of benzene rings is 3. The van der Waals surface area contributed by atoms with Gasteiger partial charge in [-0.3, -0.25) is 0 Å². The van der Waals surface area contributed by atoms with Gasteiger partial charge in [-0.15, -0.1) is 6.58 Å². The van der Waals surface area contributed by atoms with E-state index in [1.807, 2.05) is 31.2 Å². The molecular formula is C31H31F3. The van der Waals surface area contributed by atoms with Crippen molar-refractivity contribution < 1.29 is 13.2 Å². The lowest BCUT2D eigenvalue weighted by atomic mass is 9.76. The van der Waals surface area contributed by atoms with Gasteiger partial charge in [0.15, 0.2) is 11.6 Å². The van der Waals surface area contributed by atoms with E-state index in [4.69, 9.17) is 0 Å². The van der Waals surface area contributed by atoms with Gasteiger partial charge in [0.2, 0.25) is 0 Å². The molecule has 0 radical (unpaired) electrons. The van der Waals surface area contributed by atoms with Crippen LogP contribution in [0.5, 0.6) is 0 Å². The van der Waals surface area contributed by atoms with E-state index in [-0.39, 0.29) is 11.1 Å². The highest BCUT2D eigenvalue weighted by atomic mass is 19.2. The molecule has 0 atom stereocenters. The van der Waals surface area contributed by atoms with Crippen LogP contribution in [0.4, 0.5) is 13.2 Å². The van der Waals surface area contributed by atoms with Gasteiger partial charge >= 0.3 is 0 Å². The van der Waals surface area contributed by atoms with Crippen LogP contribution >= 0.6 is 0 Å². The summed E-state index contributed by atoms with van der Waals surface area (Å²) in [5.74, 6) is -0.890. The second kappa shape index (κ2) is 9.44. The SMILES string of the molecule is C=CCCC1CCC(c2ccc(-c3ccc4c(c3F)-c3c-4cc(CCC)c(F)c3F)cc2)CC1. The third-order valence-corrected chi connectivity index (χ3v) is 7.80. The standard InChI is InChI=1S/C31H31F3/c1-3-5-7-19-8-10-20(11-9-19)21-12-14-22(15-13-21)24-16-17-25-26-18-23(6-4-2)29(32)31(34)28(26)27(25)30(24)33/h3,12-20H,1,4-11H2,2H3. The molecule has 0 N–H and O–H groups in total. The number of halogens is 3. The number of hydrogen-bond acceptors (Lipinski definition) is 0. The summed E-state index contributed by atoms with van der Waals surface area (Å²) in [6.45, 7) is 5.76. The van der Waals surface area contributed by atoms with E-state index in [0.29, 0.717) is 34.6 Å². The largest absolute Gasteiger partial charge is 0.206 e. The molecule has 0 nitrogen and oxygen atoms in total. The van der Waals surface area contributed by atoms with E-state index in [1.54, 1.807) is 12.1 Å². The molecule has 0 saturated heterocycles. The molecule has 1 saturated carbocycles. The van der Waals surface area contributed by atoms with Gasteiger partial charge in [0, 0.05) is 16.7 Å². The molecule has 2 aliphatic carbocycles. The summed E-state index contributed by atoms with van der Waals surface area (Å²) in [5.41, 5.74) is 4.42. The first-order chi connectivity index (χ1) is 16.5. The van der Waals surface area contributed by atoms with E-state index in [2.05, 4.69) is 18.7 Å². The number of aryl methyl sites for hydroxylation is 1. The number of hydrogen-bond donors (Lipinski definition) is 0. The van der Waals surface area contributed by atoms with Crippen LogP contribution in [0.15, 0.2) is 55.1 Å². The second-order valence-electron chi connectivity index (χ2n) is 9.89. The van der Waals surface area contributed by atoms with Crippen molar-refractivity contribution in [3.8, 4) is 33.4 Å². The molecule has 0 unspecified atom stereocenters. The average molecular weight is 461 g/mol. The van der Waals surface area contributed by atoms with E-state index < -0.39 is 17.5 Å². The van der Waals surface area contributed by atoms with Crippen molar-refractivity contribution in [2.45, 2.75) is 64.2 Å². The van der Waals surface area contributed by atoms with Crippen molar-refractivity contribution in [2.24, 2.45) is 5.92 Å².